The molecule has 0 aliphatic heterocycles. The van der Waals surface area contributed by atoms with Gasteiger partial charge in [0, 0.05) is 4.88 Å². The summed E-state index contributed by atoms with van der Waals surface area (Å²) < 4.78 is 18.2. The number of rotatable bonds is 4. The minimum absolute atomic E-state index is 0.0675. The average Bonchev–Trinajstić information content (AvgIpc) is 2.86. The number of thiophene rings is 1. The van der Waals surface area contributed by atoms with E-state index in [9.17, 15) is 14.0 Å². The number of ketones is 1. The summed E-state index contributed by atoms with van der Waals surface area (Å²) in [6.07, 6.45) is 0.0828. The molecule has 0 unspecified atom stereocenters. The van der Waals surface area contributed by atoms with Crippen LogP contribution in [0.2, 0.25) is 5.02 Å². The van der Waals surface area contributed by atoms with Crippen molar-refractivity contribution in [3.05, 3.63) is 56.5 Å². The molecule has 0 N–H and O–H groups in total. The quantitative estimate of drug-likeness (QED) is 0.641. The van der Waals surface area contributed by atoms with E-state index in [4.69, 9.17) is 11.6 Å². The van der Waals surface area contributed by atoms with Crippen LogP contribution in [-0.4, -0.2) is 18.9 Å². The van der Waals surface area contributed by atoms with Gasteiger partial charge in [0.25, 0.3) is 0 Å². The first kappa shape index (κ1) is 14.7. The molecule has 0 radical (unpaired) electrons. The highest BCUT2D eigenvalue weighted by atomic mass is 35.5. The number of hydrogen-bond donors (Lipinski definition) is 0. The normalized spacial score (nSPS) is 10.3. The van der Waals surface area contributed by atoms with Crippen molar-refractivity contribution < 1.29 is 18.7 Å². The molecule has 20 heavy (non-hydrogen) atoms. The Bertz CT molecular complexity index is 646. The topological polar surface area (TPSA) is 43.4 Å². The third-order valence-corrected chi connectivity index (χ3v) is 4.02. The highest BCUT2D eigenvalue weighted by Crippen LogP contribution is 2.26. The standard InChI is InChI=1S/C14H10ClFO3S/c1-19-12(17)7-8-5-6-11(20-8)14(18)13-9(15)3-2-4-10(13)16/h2-6H,7H2,1H3. The second-order valence-electron chi connectivity index (χ2n) is 3.94. The van der Waals surface area contributed by atoms with Gasteiger partial charge in [0.1, 0.15) is 5.82 Å². The summed E-state index contributed by atoms with van der Waals surface area (Å²) in [4.78, 5) is 24.4. The van der Waals surface area contributed by atoms with Gasteiger partial charge in [-0.2, -0.15) is 0 Å². The number of benzene rings is 1. The molecule has 2 aromatic rings. The first-order valence-corrected chi connectivity index (χ1v) is 6.86. The van der Waals surface area contributed by atoms with E-state index in [1.807, 2.05) is 0 Å². The lowest BCUT2D eigenvalue weighted by Gasteiger charge is -2.02. The van der Waals surface area contributed by atoms with Gasteiger partial charge in [0.2, 0.25) is 5.78 Å². The second-order valence-corrected chi connectivity index (χ2v) is 5.52. The van der Waals surface area contributed by atoms with Crippen LogP contribution in [0.4, 0.5) is 4.39 Å². The molecule has 0 aliphatic rings. The van der Waals surface area contributed by atoms with Gasteiger partial charge < -0.3 is 4.74 Å². The molecule has 6 heteroatoms. The molecule has 3 nitrogen and oxygen atoms in total. The molecule has 0 aliphatic carbocycles. The van der Waals surface area contributed by atoms with Crippen molar-refractivity contribution in [3.8, 4) is 0 Å². The lowest BCUT2D eigenvalue weighted by molar-refractivity contribution is -0.139. The van der Waals surface area contributed by atoms with Crippen LogP contribution >= 0.6 is 22.9 Å². The SMILES string of the molecule is COC(=O)Cc1ccc(C(=O)c2c(F)cccc2Cl)s1. The molecular weight excluding hydrogens is 303 g/mol. The Balaban J connectivity index is 2.28. The molecular formula is C14H10ClFO3S. The zero-order chi connectivity index (χ0) is 14.7. The summed E-state index contributed by atoms with van der Waals surface area (Å²) in [6.45, 7) is 0. The maximum atomic E-state index is 13.7. The van der Waals surface area contributed by atoms with Crippen LogP contribution in [0.3, 0.4) is 0 Å². The van der Waals surface area contributed by atoms with Gasteiger partial charge in [0.15, 0.2) is 0 Å². The monoisotopic (exact) mass is 312 g/mol. The van der Waals surface area contributed by atoms with Crippen molar-refractivity contribution in [1.29, 1.82) is 0 Å². The summed E-state index contributed by atoms with van der Waals surface area (Å²) in [5, 5.41) is 0.0675. The van der Waals surface area contributed by atoms with Crippen molar-refractivity contribution in [2.24, 2.45) is 0 Å². The van der Waals surface area contributed by atoms with E-state index in [-0.39, 0.29) is 17.0 Å². The van der Waals surface area contributed by atoms with Crippen molar-refractivity contribution in [2.75, 3.05) is 7.11 Å². The van der Waals surface area contributed by atoms with Gasteiger partial charge in [-0.15, -0.1) is 11.3 Å². The Kier molecular flexibility index (Phi) is 4.52. The first-order valence-electron chi connectivity index (χ1n) is 5.67. The third-order valence-electron chi connectivity index (χ3n) is 2.62. The Morgan fingerprint density at radius 3 is 2.70 bits per heavy atom. The first-order chi connectivity index (χ1) is 9.52. The van der Waals surface area contributed by atoms with Crippen LogP contribution in [0, 0.1) is 5.82 Å². The smallest absolute Gasteiger partial charge is 0.310 e. The Hall–Kier alpha value is -1.72. The minimum Gasteiger partial charge on any atom is -0.469 e. The molecule has 0 saturated carbocycles. The van der Waals surface area contributed by atoms with E-state index >= 15 is 0 Å². The highest BCUT2D eigenvalue weighted by Gasteiger charge is 2.19. The van der Waals surface area contributed by atoms with Crippen LogP contribution in [0.5, 0.6) is 0 Å². The second kappa shape index (κ2) is 6.15. The summed E-state index contributed by atoms with van der Waals surface area (Å²) in [5.41, 5.74) is -0.152. The number of hydrogen-bond acceptors (Lipinski definition) is 4. The van der Waals surface area contributed by atoms with Crippen molar-refractivity contribution in [1.82, 2.24) is 0 Å². The van der Waals surface area contributed by atoms with E-state index in [1.165, 1.54) is 25.3 Å². The fourth-order valence-electron chi connectivity index (χ4n) is 1.65. The maximum Gasteiger partial charge on any atom is 0.310 e. The largest absolute Gasteiger partial charge is 0.469 e. The predicted molar refractivity (Wildman–Crippen MR) is 74.9 cm³/mol. The average molecular weight is 313 g/mol. The number of carbonyl (C=O) groups excluding carboxylic acids is 2. The maximum absolute atomic E-state index is 13.7. The van der Waals surface area contributed by atoms with Crippen molar-refractivity contribution in [3.63, 3.8) is 0 Å². The fourth-order valence-corrected chi connectivity index (χ4v) is 2.84. The van der Waals surface area contributed by atoms with Gasteiger partial charge in [-0.25, -0.2) is 4.39 Å². The van der Waals surface area contributed by atoms with E-state index in [0.29, 0.717) is 9.75 Å². The molecule has 0 bridgehead atoms. The van der Waals surface area contributed by atoms with E-state index in [0.717, 1.165) is 11.3 Å². The van der Waals surface area contributed by atoms with Crippen molar-refractivity contribution >= 4 is 34.7 Å². The zero-order valence-electron chi connectivity index (χ0n) is 10.5. The lowest BCUT2D eigenvalue weighted by Crippen LogP contribution is -2.03. The Morgan fingerprint density at radius 1 is 1.30 bits per heavy atom. The Labute approximate surface area is 123 Å². The van der Waals surface area contributed by atoms with Crippen LogP contribution in [0.25, 0.3) is 0 Å². The van der Waals surface area contributed by atoms with Gasteiger partial charge in [-0.1, -0.05) is 17.7 Å². The van der Waals surface area contributed by atoms with E-state index in [1.54, 1.807) is 12.1 Å². The van der Waals surface area contributed by atoms with Crippen LogP contribution in [0.15, 0.2) is 30.3 Å². The van der Waals surface area contributed by atoms with Crippen LogP contribution in [-0.2, 0) is 16.0 Å². The third kappa shape index (κ3) is 3.05. The molecule has 2 rings (SSSR count). The molecule has 0 atom stereocenters. The number of methoxy groups -OCH3 is 1. The van der Waals surface area contributed by atoms with E-state index < -0.39 is 17.6 Å². The summed E-state index contributed by atoms with van der Waals surface area (Å²) >= 11 is 6.98. The zero-order valence-corrected chi connectivity index (χ0v) is 12.1. The fraction of sp³-hybridized carbons (Fsp3) is 0.143. The summed E-state index contributed by atoms with van der Waals surface area (Å²) in [5.74, 6) is -1.55. The molecule has 0 amide bonds. The Morgan fingerprint density at radius 2 is 2.05 bits per heavy atom. The molecule has 0 saturated heterocycles. The number of halogens is 2. The van der Waals surface area contributed by atoms with Gasteiger partial charge in [-0.3, -0.25) is 9.59 Å². The van der Waals surface area contributed by atoms with E-state index in [2.05, 4.69) is 4.74 Å². The number of esters is 1. The molecule has 1 aromatic heterocycles. The van der Waals surface area contributed by atoms with Gasteiger partial charge in [-0.05, 0) is 24.3 Å². The number of carbonyl (C=O) groups is 2. The van der Waals surface area contributed by atoms with Gasteiger partial charge in [0.05, 0.1) is 29.0 Å². The predicted octanol–water partition coefficient (Wildman–Crippen LogP) is 3.49. The molecule has 1 aromatic carbocycles. The number of ether oxygens (including phenoxy) is 1. The van der Waals surface area contributed by atoms with Crippen LogP contribution < -0.4 is 0 Å². The summed E-state index contributed by atoms with van der Waals surface area (Å²) in [7, 11) is 1.29. The minimum atomic E-state index is -0.662. The molecule has 0 spiro atoms. The highest BCUT2D eigenvalue weighted by molar-refractivity contribution is 7.14. The molecule has 104 valence electrons. The molecule has 1 heterocycles. The molecule has 0 fully saturated rings. The van der Waals surface area contributed by atoms with Gasteiger partial charge >= 0.3 is 5.97 Å². The van der Waals surface area contributed by atoms with Crippen molar-refractivity contribution in [2.45, 2.75) is 6.42 Å². The lowest BCUT2D eigenvalue weighted by atomic mass is 10.1. The summed E-state index contributed by atoms with van der Waals surface area (Å²) in [6, 6.07) is 7.27. The van der Waals surface area contributed by atoms with Crippen LogP contribution in [0.1, 0.15) is 20.1 Å².